The van der Waals surface area contributed by atoms with E-state index in [0.29, 0.717) is 11.5 Å². The Morgan fingerprint density at radius 2 is 1.91 bits per heavy atom. The van der Waals surface area contributed by atoms with E-state index in [2.05, 4.69) is 12.2 Å². The van der Waals surface area contributed by atoms with Crippen molar-refractivity contribution in [1.29, 1.82) is 0 Å². The van der Waals surface area contributed by atoms with E-state index in [4.69, 9.17) is 4.74 Å². The van der Waals surface area contributed by atoms with Crippen LogP contribution < -0.4 is 5.32 Å². The topological polar surface area (TPSA) is 41.6 Å². The molecule has 2 fully saturated rings. The van der Waals surface area contributed by atoms with Crippen LogP contribution in [-0.2, 0) is 4.74 Å². The average Bonchev–Trinajstić information content (AvgIpc) is 2.86. The Morgan fingerprint density at radius 1 is 1.23 bits per heavy atom. The fourth-order valence-corrected chi connectivity index (χ4v) is 3.73. The third kappa shape index (κ3) is 5.15. The maximum Gasteiger partial charge on any atom is 0.410 e. The number of carbonyl (C=O) groups excluding carboxylic acids is 1. The number of rotatable bonds is 4. The first-order valence-corrected chi connectivity index (χ1v) is 8.99. The zero-order valence-electron chi connectivity index (χ0n) is 14.9. The summed E-state index contributed by atoms with van der Waals surface area (Å²) in [5, 5.41) is 3.64. The SMILES string of the molecule is CC1(CNCC2CCCN2C(=O)OC(C)(C)C)CCCCC1. The van der Waals surface area contributed by atoms with Crippen LogP contribution in [0, 0.1) is 5.41 Å². The van der Waals surface area contributed by atoms with Crippen LogP contribution in [0.25, 0.3) is 0 Å². The van der Waals surface area contributed by atoms with Gasteiger partial charge in [0.25, 0.3) is 0 Å². The lowest BCUT2D eigenvalue weighted by molar-refractivity contribution is 0.0224. The fourth-order valence-electron chi connectivity index (χ4n) is 3.73. The minimum atomic E-state index is -0.409. The van der Waals surface area contributed by atoms with Gasteiger partial charge in [-0.25, -0.2) is 4.79 Å². The van der Waals surface area contributed by atoms with Gasteiger partial charge in [-0.2, -0.15) is 0 Å². The first-order valence-electron chi connectivity index (χ1n) is 8.99. The molecule has 1 N–H and O–H groups in total. The number of amides is 1. The van der Waals surface area contributed by atoms with Crippen molar-refractivity contribution in [2.75, 3.05) is 19.6 Å². The lowest BCUT2D eigenvalue weighted by Gasteiger charge is -2.35. The molecule has 4 nitrogen and oxygen atoms in total. The largest absolute Gasteiger partial charge is 0.444 e. The van der Waals surface area contributed by atoms with Gasteiger partial charge in [-0.15, -0.1) is 0 Å². The summed E-state index contributed by atoms with van der Waals surface area (Å²) in [5.74, 6) is 0. The maximum absolute atomic E-state index is 12.3. The molecule has 0 bridgehead atoms. The third-order valence-corrected chi connectivity index (χ3v) is 5.00. The summed E-state index contributed by atoms with van der Waals surface area (Å²) >= 11 is 0. The molecule has 0 aromatic carbocycles. The standard InChI is InChI=1S/C18H34N2O2/c1-17(2,3)22-16(21)20-12-8-9-15(20)13-19-14-18(4)10-6-5-7-11-18/h15,19H,5-14H2,1-4H3. The molecule has 0 aromatic rings. The number of hydrogen-bond acceptors (Lipinski definition) is 3. The van der Waals surface area contributed by atoms with E-state index in [9.17, 15) is 4.79 Å². The highest BCUT2D eigenvalue weighted by Gasteiger charge is 2.33. The Bertz CT molecular complexity index is 370. The maximum atomic E-state index is 12.3. The van der Waals surface area contributed by atoms with Crippen LogP contribution in [0.15, 0.2) is 0 Å². The van der Waals surface area contributed by atoms with Gasteiger partial charge in [-0.05, 0) is 51.9 Å². The molecule has 0 aromatic heterocycles. The molecule has 22 heavy (non-hydrogen) atoms. The van der Waals surface area contributed by atoms with E-state index in [1.54, 1.807) is 0 Å². The predicted octanol–water partition coefficient (Wildman–Crippen LogP) is 3.95. The second-order valence-corrected chi connectivity index (χ2v) is 8.47. The van der Waals surface area contributed by atoms with Gasteiger partial charge in [0.15, 0.2) is 0 Å². The van der Waals surface area contributed by atoms with Crippen LogP contribution in [0.5, 0.6) is 0 Å². The van der Waals surface area contributed by atoms with E-state index in [1.165, 1.54) is 32.1 Å². The van der Waals surface area contributed by atoms with Crippen molar-refractivity contribution >= 4 is 6.09 Å². The molecule has 0 radical (unpaired) electrons. The lowest BCUT2D eigenvalue weighted by Crippen LogP contribution is -2.45. The van der Waals surface area contributed by atoms with Crippen LogP contribution in [0.2, 0.25) is 0 Å². The number of hydrogen-bond donors (Lipinski definition) is 1. The Hall–Kier alpha value is -0.770. The molecule has 1 aliphatic heterocycles. The number of ether oxygens (including phenoxy) is 1. The predicted molar refractivity (Wildman–Crippen MR) is 90.0 cm³/mol. The first-order chi connectivity index (χ1) is 10.3. The van der Waals surface area contributed by atoms with Crippen LogP contribution in [0.3, 0.4) is 0 Å². The Balaban J connectivity index is 1.77. The van der Waals surface area contributed by atoms with Gasteiger partial charge in [0.1, 0.15) is 5.60 Å². The van der Waals surface area contributed by atoms with Gasteiger partial charge >= 0.3 is 6.09 Å². The van der Waals surface area contributed by atoms with Crippen molar-refractivity contribution in [3.05, 3.63) is 0 Å². The molecule has 128 valence electrons. The quantitative estimate of drug-likeness (QED) is 0.855. The molecule has 1 saturated heterocycles. The molecule has 1 unspecified atom stereocenters. The highest BCUT2D eigenvalue weighted by molar-refractivity contribution is 5.69. The van der Waals surface area contributed by atoms with Crippen molar-refractivity contribution in [3.8, 4) is 0 Å². The fraction of sp³-hybridized carbons (Fsp3) is 0.944. The summed E-state index contributed by atoms with van der Waals surface area (Å²) < 4.78 is 5.53. The van der Waals surface area contributed by atoms with Gasteiger partial charge in [0.2, 0.25) is 0 Å². The molecule has 1 saturated carbocycles. The summed E-state index contributed by atoms with van der Waals surface area (Å²) in [6, 6.07) is 0.294. The number of nitrogens with zero attached hydrogens (tertiary/aromatic N) is 1. The van der Waals surface area contributed by atoms with Gasteiger partial charge in [-0.3, -0.25) is 0 Å². The highest BCUT2D eigenvalue weighted by Crippen LogP contribution is 2.35. The first kappa shape index (κ1) is 17.6. The average molecular weight is 310 g/mol. The van der Waals surface area contributed by atoms with Crippen molar-refractivity contribution in [2.24, 2.45) is 5.41 Å². The monoisotopic (exact) mass is 310 g/mol. The zero-order valence-corrected chi connectivity index (χ0v) is 14.9. The summed E-state index contributed by atoms with van der Waals surface area (Å²) in [6.45, 7) is 11.0. The minimum Gasteiger partial charge on any atom is -0.444 e. The van der Waals surface area contributed by atoms with E-state index >= 15 is 0 Å². The minimum absolute atomic E-state index is 0.152. The zero-order chi connectivity index (χ0) is 16.2. The Morgan fingerprint density at radius 3 is 2.55 bits per heavy atom. The smallest absolute Gasteiger partial charge is 0.410 e. The van der Waals surface area contributed by atoms with Crippen LogP contribution in [-0.4, -0.2) is 42.3 Å². The molecule has 1 heterocycles. The molecular weight excluding hydrogens is 276 g/mol. The van der Waals surface area contributed by atoms with E-state index in [0.717, 1.165) is 32.5 Å². The van der Waals surface area contributed by atoms with Gasteiger partial charge in [0, 0.05) is 25.7 Å². The molecule has 2 aliphatic rings. The van der Waals surface area contributed by atoms with Crippen LogP contribution >= 0.6 is 0 Å². The second-order valence-electron chi connectivity index (χ2n) is 8.47. The molecule has 1 aliphatic carbocycles. The van der Waals surface area contributed by atoms with Gasteiger partial charge in [0.05, 0.1) is 0 Å². The van der Waals surface area contributed by atoms with Crippen LogP contribution in [0.4, 0.5) is 4.79 Å². The Labute approximate surface area is 136 Å². The molecule has 0 spiro atoms. The van der Waals surface area contributed by atoms with Crippen molar-refractivity contribution in [3.63, 3.8) is 0 Å². The number of nitrogens with one attached hydrogen (secondary N) is 1. The van der Waals surface area contributed by atoms with Crippen molar-refractivity contribution in [2.45, 2.75) is 84.3 Å². The lowest BCUT2D eigenvalue weighted by atomic mass is 9.76. The summed E-state index contributed by atoms with van der Waals surface area (Å²) in [6.07, 6.45) is 8.81. The van der Waals surface area contributed by atoms with E-state index < -0.39 is 5.60 Å². The third-order valence-electron chi connectivity index (χ3n) is 5.00. The molecule has 4 heteroatoms. The van der Waals surface area contributed by atoms with E-state index in [-0.39, 0.29) is 6.09 Å². The summed E-state index contributed by atoms with van der Waals surface area (Å²) in [4.78, 5) is 14.2. The normalized spacial score (nSPS) is 25.3. The second kappa shape index (κ2) is 7.20. The summed E-state index contributed by atoms with van der Waals surface area (Å²) in [5.41, 5.74) is 0.0425. The Kier molecular flexibility index (Phi) is 5.76. The highest BCUT2D eigenvalue weighted by atomic mass is 16.6. The molecule has 1 amide bonds. The van der Waals surface area contributed by atoms with Crippen LogP contribution in [0.1, 0.15) is 72.6 Å². The number of carbonyl (C=O) groups is 1. The molecule has 1 atom stereocenters. The molecule has 2 rings (SSSR count). The van der Waals surface area contributed by atoms with E-state index in [1.807, 2.05) is 25.7 Å². The van der Waals surface area contributed by atoms with Crippen molar-refractivity contribution in [1.82, 2.24) is 10.2 Å². The molecular formula is C18H34N2O2. The summed E-state index contributed by atoms with van der Waals surface area (Å²) in [7, 11) is 0. The van der Waals surface area contributed by atoms with Crippen molar-refractivity contribution < 1.29 is 9.53 Å². The van der Waals surface area contributed by atoms with Gasteiger partial charge in [-0.1, -0.05) is 26.2 Å². The number of likely N-dealkylation sites (tertiary alicyclic amines) is 1. The van der Waals surface area contributed by atoms with Gasteiger partial charge < -0.3 is 15.0 Å².